The zero-order valence-electron chi connectivity index (χ0n) is 18.3. The number of nitrogens with zero attached hydrogens (tertiary/aromatic N) is 1. The van der Waals surface area contributed by atoms with E-state index >= 15 is 0 Å². The van der Waals surface area contributed by atoms with Gasteiger partial charge in [-0.25, -0.2) is 9.59 Å². The average molecular weight is 410 g/mol. The van der Waals surface area contributed by atoms with Crippen LogP contribution in [0.4, 0.5) is 10.5 Å². The van der Waals surface area contributed by atoms with E-state index in [0.29, 0.717) is 13.2 Å². The summed E-state index contributed by atoms with van der Waals surface area (Å²) < 4.78 is 10.8. The van der Waals surface area contributed by atoms with Crippen molar-refractivity contribution in [3.63, 3.8) is 0 Å². The SMILES string of the molecule is CCOC(=O)/C=C1\C=C2\c3ccccc3N(C(=O)OC(C)(C)C)CC2/C=C\CCC1. The number of benzene rings is 1. The molecule has 0 bridgehead atoms. The molecule has 1 aliphatic heterocycles. The molecule has 5 nitrogen and oxygen atoms in total. The molecule has 1 aromatic rings. The van der Waals surface area contributed by atoms with Crippen molar-refractivity contribution in [2.24, 2.45) is 5.92 Å². The summed E-state index contributed by atoms with van der Waals surface area (Å²) in [5, 5.41) is 0. The fourth-order valence-electron chi connectivity index (χ4n) is 3.79. The third-order valence-electron chi connectivity index (χ3n) is 5.03. The number of hydrogen-bond donors (Lipinski definition) is 0. The molecule has 0 saturated carbocycles. The number of para-hydroxylation sites is 1. The summed E-state index contributed by atoms with van der Waals surface area (Å²) in [7, 11) is 0. The third-order valence-corrected chi connectivity index (χ3v) is 5.03. The molecule has 0 saturated heterocycles. The van der Waals surface area contributed by atoms with Crippen LogP contribution in [0.15, 0.2) is 54.1 Å². The van der Waals surface area contributed by atoms with Crippen LogP contribution in [0.5, 0.6) is 0 Å². The quantitative estimate of drug-likeness (QED) is 0.359. The molecule has 1 amide bonds. The first kappa shape index (κ1) is 21.9. The van der Waals surface area contributed by atoms with Gasteiger partial charge in [-0.15, -0.1) is 0 Å². The summed E-state index contributed by atoms with van der Waals surface area (Å²) in [6.45, 7) is 8.29. The summed E-state index contributed by atoms with van der Waals surface area (Å²) in [5.74, 6) is -0.288. The molecule has 1 unspecified atom stereocenters. The predicted octanol–water partition coefficient (Wildman–Crippen LogP) is 5.67. The van der Waals surface area contributed by atoms with E-state index in [0.717, 1.165) is 41.7 Å². The van der Waals surface area contributed by atoms with Gasteiger partial charge in [0, 0.05) is 24.1 Å². The minimum Gasteiger partial charge on any atom is -0.463 e. The second-order valence-corrected chi connectivity index (χ2v) is 8.61. The molecule has 0 spiro atoms. The van der Waals surface area contributed by atoms with Gasteiger partial charge >= 0.3 is 12.1 Å². The zero-order valence-corrected chi connectivity index (χ0v) is 18.3. The Morgan fingerprint density at radius 2 is 2.00 bits per heavy atom. The van der Waals surface area contributed by atoms with E-state index in [4.69, 9.17) is 9.47 Å². The Labute approximate surface area is 179 Å². The number of esters is 1. The van der Waals surface area contributed by atoms with Gasteiger partial charge in [0.05, 0.1) is 12.3 Å². The highest BCUT2D eigenvalue weighted by molar-refractivity contribution is 5.96. The number of ether oxygens (including phenoxy) is 2. The summed E-state index contributed by atoms with van der Waals surface area (Å²) in [6, 6.07) is 7.87. The normalized spacial score (nSPS) is 23.1. The van der Waals surface area contributed by atoms with Gasteiger partial charge in [0.15, 0.2) is 0 Å². The Balaban J connectivity index is 2.05. The van der Waals surface area contributed by atoms with Crippen LogP contribution < -0.4 is 4.90 Å². The Morgan fingerprint density at radius 1 is 1.23 bits per heavy atom. The van der Waals surface area contributed by atoms with Crippen molar-refractivity contribution in [3.8, 4) is 0 Å². The topological polar surface area (TPSA) is 55.8 Å². The molecule has 0 fully saturated rings. The summed E-state index contributed by atoms with van der Waals surface area (Å²) in [4.78, 5) is 26.7. The minimum absolute atomic E-state index is 0.0242. The van der Waals surface area contributed by atoms with E-state index in [1.807, 2.05) is 45.0 Å². The molecule has 30 heavy (non-hydrogen) atoms. The Bertz CT molecular complexity index is 889. The molecular formula is C25H31NO4. The van der Waals surface area contributed by atoms with Gasteiger partial charge in [0.2, 0.25) is 0 Å². The van der Waals surface area contributed by atoms with Crippen LogP contribution in [0.3, 0.4) is 0 Å². The van der Waals surface area contributed by atoms with Crippen LogP contribution in [0.1, 0.15) is 52.5 Å². The maximum atomic E-state index is 12.9. The van der Waals surface area contributed by atoms with Crippen LogP contribution in [0.25, 0.3) is 5.57 Å². The van der Waals surface area contributed by atoms with Crippen molar-refractivity contribution in [2.75, 3.05) is 18.1 Å². The highest BCUT2D eigenvalue weighted by Gasteiger charge is 2.33. The average Bonchev–Trinajstić information content (AvgIpc) is 2.76. The van der Waals surface area contributed by atoms with E-state index in [1.165, 1.54) is 0 Å². The van der Waals surface area contributed by atoms with E-state index in [-0.39, 0.29) is 18.0 Å². The molecular weight excluding hydrogens is 378 g/mol. The summed E-state index contributed by atoms with van der Waals surface area (Å²) >= 11 is 0. The van der Waals surface area contributed by atoms with Crippen molar-refractivity contribution >= 4 is 23.3 Å². The van der Waals surface area contributed by atoms with Crippen LogP contribution in [-0.2, 0) is 14.3 Å². The van der Waals surface area contributed by atoms with Gasteiger partial charge in [-0.1, -0.05) is 36.4 Å². The van der Waals surface area contributed by atoms with Gasteiger partial charge < -0.3 is 9.47 Å². The van der Waals surface area contributed by atoms with Crippen molar-refractivity contribution in [2.45, 2.75) is 52.6 Å². The highest BCUT2D eigenvalue weighted by atomic mass is 16.6. The largest absolute Gasteiger partial charge is 0.463 e. The molecule has 160 valence electrons. The first-order valence-electron chi connectivity index (χ1n) is 10.6. The first-order valence-corrected chi connectivity index (χ1v) is 10.6. The second-order valence-electron chi connectivity index (χ2n) is 8.61. The molecule has 0 radical (unpaired) electrons. The van der Waals surface area contributed by atoms with E-state index < -0.39 is 5.60 Å². The number of carbonyl (C=O) groups is 2. The van der Waals surface area contributed by atoms with Crippen LogP contribution in [0.2, 0.25) is 0 Å². The lowest BCUT2D eigenvalue weighted by molar-refractivity contribution is -0.137. The maximum absolute atomic E-state index is 12.9. The van der Waals surface area contributed by atoms with Crippen LogP contribution in [-0.4, -0.2) is 30.8 Å². The minimum atomic E-state index is -0.564. The number of amides is 1. The van der Waals surface area contributed by atoms with Gasteiger partial charge in [0.25, 0.3) is 0 Å². The number of fused-ring (bicyclic) bond motifs is 3. The number of hydrogen-bond acceptors (Lipinski definition) is 4. The van der Waals surface area contributed by atoms with Crippen molar-refractivity contribution in [1.82, 2.24) is 0 Å². The van der Waals surface area contributed by atoms with Gasteiger partial charge in [-0.05, 0) is 64.2 Å². The molecule has 3 rings (SSSR count). The Kier molecular flexibility index (Phi) is 6.80. The monoisotopic (exact) mass is 409 g/mol. The van der Waals surface area contributed by atoms with Crippen LogP contribution >= 0.6 is 0 Å². The Morgan fingerprint density at radius 3 is 2.73 bits per heavy atom. The van der Waals surface area contributed by atoms with Gasteiger partial charge in [0.1, 0.15) is 5.60 Å². The molecule has 0 N–H and O–H groups in total. The lowest BCUT2D eigenvalue weighted by atomic mass is 9.85. The van der Waals surface area contributed by atoms with E-state index in [1.54, 1.807) is 17.9 Å². The number of carbonyl (C=O) groups excluding carboxylic acids is 2. The Hall–Kier alpha value is -2.82. The zero-order chi connectivity index (χ0) is 21.7. The lowest BCUT2D eigenvalue weighted by Gasteiger charge is -2.36. The van der Waals surface area contributed by atoms with E-state index in [9.17, 15) is 9.59 Å². The highest BCUT2D eigenvalue weighted by Crippen LogP contribution is 2.40. The predicted molar refractivity (Wildman–Crippen MR) is 119 cm³/mol. The van der Waals surface area contributed by atoms with Crippen molar-refractivity contribution in [1.29, 1.82) is 0 Å². The molecule has 1 atom stereocenters. The smallest absolute Gasteiger partial charge is 0.414 e. The fraction of sp³-hybridized carbons (Fsp3) is 0.440. The first-order chi connectivity index (χ1) is 14.3. The number of rotatable bonds is 2. The van der Waals surface area contributed by atoms with Crippen LogP contribution in [0, 0.1) is 5.92 Å². The number of anilines is 1. The van der Waals surface area contributed by atoms with Gasteiger partial charge in [-0.3, -0.25) is 4.90 Å². The molecule has 1 aliphatic carbocycles. The lowest BCUT2D eigenvalue weighted by Crippen LogP contribution is -2.42. The number of allylic oxidation sites excluding steroid dienone is 3. The maximum Gasteiger partial charge on any atom is 0.414 e. The van der Waals surface area contributed by atoms with Crippen molar-refractivity contribution in [3.05, 3.63) is 59.7 Å². The summed E-state index contributed by atoms with van der Waals surface area (Å²) in [5.41, 5.74) is 3.32. The summed E-state index contributed by atoms with van der Waals surface area (Å²) in [6.07, 6.45) is 10.4. The fourth-order valence-corrected chi connectivity index (χ4v) is 3.79. The standard InChI is InChI=1S/C25H31NO4/c1-5-29-23(27)16-18-11-7-6-8-12-19-17-26(24(28)30-25(2,3)4)22-14-10-9-13-20(22)21(19)15-18/h8-10,12-16,19H,5-7,11,17H2,1-4H3/b12-8-,18-16-,21-15+. The molecule has 0 aromatic heterocycles. The third kappa shape index (κ3) is 5.41. The van der Waals surface area contributed by atoms with Crippen molar-refractivity contribution < 1.29 is 19.1 Å². The van der Waals surface area contributed by atoms with E-state index in [2.05, 4.69) is 18.2 Å². The molecule has 5 heteroatoms. The molecule has 2 aliphatic rings. The molecule has 1 aromatic carbocycles. The van der Waals surface area contributed by atoms with Gasteiger partial charge in [-0.2, -0.15) is 0 Å². The molecule has 1 heterocycles. The second kappa shape index (κ2) is 9.33.